The van der Waals surface area contributed by atoms with E-state index in [1.54, 1.807) is 0 Å². The highest BCUT2D eigenvalue weighted by molar-refractivity contribution is 6.31. The summed E-state index contributed by atoms with van der Waals surface area (Å²) in [6.07, 6.45) is 2.22. The molecule has 6 nitrogen and oxygen atoms in total. The zero-order valence-electron chi connectivity index (χ0n) is 13.9. The van der Waals surface area contributed by atoms with Crippen LogP contribution in [0.5, 0.6) is 0 Å². The van der Waals surface area contributed by atoms with Crippen LogP contribution in [0.2, 0.25) is 5.02 Å². The number of rotatable bonds is 3. The largest absolute Gasteiger partial charge is 0.339 e. The Hall–Kier alpha value is -1.92. The van der Waals surface area contributed by atoms with Crippen molar-refractivity contribution in [1.29, 1.82) is 0 Å². The van der Waals surface area contributed by atoms with Crippen LogP contribution in [0.3, 0.4) is 0 Å². The molecule has 7 heteroatoms. The molecule has 24 heavy (non-hydrogen) atoms. The summed E-state index contributed by atoms with van der Waals surface area (Å²) in [6.45, 7) is 4.66. The number of halogens is 1. The van der Waals surface area contributed by atoms with Crippen LogP contribution in [0, 0.1) is 6.92 Å². The monoisotopic (exact) mass is 345 g/mol. The van der Waals surface area contributed by atoms with Crippen molar-refractivity contribution in [3.8, 4) is 0 Å². The van der Waals surface area contributed by atoms with Crippen molar-refractivity contribution in [3.63, 3.8) is 0 Å². The van der Waals surface area contributed by atoms with E-state index in [2.05, 4.69) is 26.7 Å². The molecule has 0 saturated carbocycles. The van der Waals surface area contributed by atoms with Gasteiger partial charge in [0.1, 0.15) is 5.82 Å². The normalized spacial score (nSPS) is 19.2. The van der Waals surface area contributed by atoms with E-state index in [9.17, 15) is 0 Å². The van der Waals surface area contributed by atoms with Gasteiger partial charge in [0.2, 0.25) is 5.89 Å². The second kappa shape index (κ2) is 6.18. The number of fused-ring (bicyclic) bond motifs is 1. The van der Waals surface area contributed by atoms with Crippen molar-refractivity contribution in [2.24, 2.45) is 7.05 Å². The first-order valence-electron chi connectivity index (χ1n) is 8.23. The van der Waals surface area contributed by atoms with Gasteiger partial charge in [-0.1, -0.05) is 16.8 Å². The third-order valence-electron chi connectivity index (χ3n) is 4.70. The van der Waals surface area contributed by atoms with Crippen molar-refractivity contribution in [3.05, 3.63) is 40.8 Å². The van der Waals surface area contributed by atoms with Gasteiger partial charge in [-0.2, -0.15) is 4.98 Å². The van der Waals surface area contributed by atoms with Crippen molar-refractivity contribution in [1.82, 2.24) is 24.6 Å². The summed E-state index contributed by atoms with van der Waals surface area (Å²) < 4.78 is 7.51. The molecule has 1 aliphatic heterocycles. The molecule has 0 spiro atoms. The Labute approximate surface area is 145 Å². The minimum Gasteiger partial charge on any atom is -0.339 e. The summed E-state index contributed by atoms with van der Waals surface area (Å²) in [5.74, 6) is 2.82. The molecule has 0 bridgehead atoms. The average Bonchev–Trinajstić information content (AvgIpc) is 3.12. The van der Waals surface area contributed by atoms with Crippen molar-refractivity contribution in [2.75, 3.05) is 13.1 Å². The molecule has 1 atom stereocenters. The first-order valence-corrected chi connectivity index (χ1v) is 8.61. The Balaban J connectivity index is 1.53. The minimum atomic E-state index is 0.309. The van der Waals surface area contributed by atoms with E-state index in [1.807, 2.05) is 25.1 Å². The fourth-order valence-corrected chi connectivity index (χ4v) is 3.61. The maximum absolute atomic E-state index is 6.08. The lowest BCUT2D eigenvalue weighted by atomic mass is 9.98. The predicted molar refractivity (Wildman–Crippen MR) is 92.0 cm³/mol. The Bertz CT molecular complexity index is 871. The Morgan fingerprint density at radius 3 is 3.00 bits per heavy atom. The number of likely N-dealkylation sites (tertiary alicyclic amines) is 1. The lowest BCUT2D eigenvalue weighted by Gasteiger charge is -2.30. The molecule has 1 fully saturated rings. The second-order valence-electron chi connectivity index (χ2n) is 6.47. The topological polar surface area (TPSA) is 60.0 Å². The van der Waals surface area contributed by atoms with Crippen LogP contribution in [0.25, 0.3) is 11.0 Å². The van der Waals surface area contributed by atoms with E-state index < -0.39 is 0 Å². The maximum Gasteiger partial charge on any atom is 0.231 e. The molecule has 1 unspecified atom stereocenters. The summed E-state index contributed by atoms with van der Waals surface area (Å²) in [5.41, 5.74) is 2.05. The number of aromatic nitrogens is 4. The van der Waals surface area contributed by atoms with Crippen molar-refractivity contribution >= 4 is 22.6 Å². The zero-order valence-corrected chi connectivity index (χ0v) is 14.6. The van der Waals surface area contributed by atoms with E-state index in [0.29, 0.717) is 11.7 Å². The lowest BCUT2D eigenvalue weighted by molar-refractivity contribution is 0.175. The SMILES string of the molecule is Cc1noc(C2CCCN(Cc3nc4cc(Cl)ccc4n3C)C2)n1. The molecule has 1 saturated heterocycles. The van der Waals surface area contributed by atoms with Gasteiger partial charge in [0.05, 0.1) is 23.5 Å². The number of aryl methyl sites for hydroxylation is 2. The van der Waals surface area contributed by atoms with Gasteiger partial charge in [0, 0.05) is 18.6 Å². The number of nitrogens with zero attached hydrogens (tertiary/aromatic N) is 5. The smallest absolute Gasteiger partial charge is 0.231 e. The molecule has 0 N–H and O–H groups in total. The van der Waals surface area contributed by atoms with Gasteiger partial charge in [-0.05, 0) is 44.5 Å². The minimum absolute atomic E-state index is 0.309. The van der Waals surface area contributed by atoms with Crippen molar-refractivity contribution < 1.29 is 4.52 Å². The Kier molecular flexibility index (Phi) is 4.02. The Morgan fingerprint density at radius 2 is 2.21 bits per heavy atom. The van der Waals surface area contributed by atoms with Gasteiger partial charge in [-0.15, -0.1) is 0 Å². The molecular weight excluding hydrogens is 326 g/mol. The molecular formula is C17H20ClN5O. The van der Waals surface area contributed by atoms with Gasteiger partial charge < -0.3 is 9.09 Å². The predicted octanol–water partition coefficient (Wildman–Crippen LogP) is 3.30. The zero-order chi connectivity index (χ0) is 16.7. The molecule has 0 amide bonds. The van der Waals surface area contributed by atoms with Crippen LogP contribution >= 0.6 is 11.6 Å². The standard InChI is InChI=1S/C17H20ClN5O/c1-11-19-17(24-21-11)12-4-3-7-23(9-12)10-16-20-14-8-13(18)5-6-15(14)22(16)2/h5-6,8,12H,3-4,7,9-10H2,1-2H3. The number of hydrogen-bond donors (Lipinski definition) is 0. The molecule has 126 valence electrons. The van der Waals surface area contributed by atoms with E-state index >= 15 is 0 Å². The van der Waals surface area contributed by atoms with Crippen LogP contribution in [-0.4, -0.2) is 37.7 Å². The quantitative estimate of drug-likeness (QED) is 0.729. The van der Waals surface area contributed by atoms with E-state index in [1.165, 1.54) is 0 Å². The summed E-state index contributed by atoms with van der Waals surface area (Å²) in [5, 5.41) is 4.64. The molecule has 3 aromatic rings. The van der Waals surface area contributed by atoms with E-state index in [0.717, 1.165) is 60.2 Å². The molecule has 2 aromatic heterocycles. The van der Waals surface area contributed by atoms with Crippen LogP contribution in [-0.2, 0) is 13.6 Å². The third-order valence-corrected chi connectivity index (χ3v) is 4.93. The number of benzene rings is 1. The van der Waals surface area contributed by atoms with Crippen LogP contribution in [0.4, 0.5) is 0 Å². The highest BCUT2D eigenvalue weighted by Crippen LogP contribution is 2.27. The van der Waals surface area contributed by atoms with Gasteiger partial charge in [-0.25, -0.2) is 4.98 Å². The Morgan fingerprint density at radius 1 is 1.33 bits per heavy atom. The van der Waals surface area contributed by atoms with E-state index in [-0.39, 0.29) is 0 Å². The molecule has 1 aromatic carbocycles. The van der Waals surface area contributed by atoms with E-state index in [4.69, 9.17) is 21.1 Å². The van der Waals surface area contributed by atoms with Crippen molar-refractivity contribution in [2.45, 2.75) is 32.2 Å². The summed E-state index contributed by atoms with van der Waals surface area (Å²) in [7, 11) is 2.06. The molecule has 1 aliphatic rings. The van der Waals surface area contributed by atoms with Gasteiger partial charge in [-0.3, -0.25) is 4.90 Å². The first kappa shape index (κ1) is 15.6. The molecule has 4 rings (SSSR count). The second-order valence-corrected chi connectivity index (χ2v) is 6.91. The lowest BCUT2D eigenvalue weighted by Crippen LogP contribution is -2.34. The molecule has 0 radical (unpaired) electrons. The van der Waals surface area contributed by atoms with Crippen LogP contribution in [0.1, 0.15) is 36.3 Å². The van der Waals surface area contributed by atoms with Crippen LogP contribution < -0.4 is 0 Å². The number of hydrogen-bond acceptors (Lipinski definition) is 5. The number of imidazole rings is 1. The highest BCUT2D eigenvalue weighted by atomic mass is 35.5. The van der Waals surface area contributed by atoms with Gasteiger partial charge in [0.25, 0.3) is 0 Å². The van der Waals surface area contributed by atoms with Crippen LogP contribution in [0.15, 0.2) is 22.7 Å². The average molecular weight is 346 g/mol. The van der Waals surface area contributed by atoms with Gasteiger partial charge >= 0.3 is 0 Å². The molecule has 0 aliphatic carbocycles. The number of piperidine rings is 1. The molecule has 3 heterocycles. The fraction of sp³-hybridized carbons (Fsp3) is 0.471. The fourth-order valence-electron chi connectivity index (χ4n) is 3.44. The summed E-state index contributed by atoms with van der Waals surface area (Å²) in [4.78, 5) is 11.6. The highest BCUT2D eigenvalue weighted by Gasteiger charge is 2.26. The van der Waals surface area contributed by atoms with Gasteiger partial charge in [0.15, 0.2) is 5.82 Å². The third kappa shape index (κ3) is 2.91. The maximum atomic E-state index is 6.08. The summed E-state index contributed by atoms with van der Waals surface area (Å²) >= 11 is 6.08. The first-order chi connectivity index (χ1) is 11.6. The summed E-state index contributed by atoms with van der Waals surface area (Å²) in [6, 6.07) is 5.85.